The van der Waals surface area contributed by atoms with Gasteiger partial charge in [-0.25, -0.2) is 0 Å². The van der Waals surface area contributed by atoms with E-state index in [1.54, 1.807) is 0 Å². The lowest BCUT2D eigenvalue weighted by Gasteiger charge is -2.19. The molecule has 2 nitrogen and oxygen atoms in total. The van der Waals surface area contributed by atoms with E-state index in [0.29, 0.717) is 0 Å². The summed E-state index contributed by atoms with van der Waals surface area (Å²) in [5.41, 5.74) is 1.41. The van der Waals surface area contributed by atoms with E-state index in [0.717, 1.165) is 12.5 Å². The summed E-state index contributed by atoms with van der Waals surface area (Å²) in [5.74, 6) is 0.719. The molecule has 2 heteroatoms. The Labute approximate surface area is 60.9 Å². The Balaban J connectivity index is 2.41. The van der Waals surface area contributed by atoms with E-state index >= 15 is 0 Å². The molecule has 0 fully saturated rings. The van der Waals surface area contributed by atoms with E-state index in [9.17, 15) is 0 Å². The lowest BCUT2D eigenvalue weighted by Crippen LogP contribution is -2.13. The zero-order chi connectivity index (χ0) is 6.97. The summed E-state index contributed by atoms with van der Waals surface area (Å²) in [6.07, 6.45) is 4.51. The number of fused-ring (bicyclic) bond motifs is 1. The molecule has 0 amide bonds. The van der Waals surface area contributed by atoms with Gasteiger partial charge < -0.3 is 0 Å². The molecule has 2 rings (SSSR count). The number of aryl methyl sites for hydroxylation is 1. The van der Waals surface area contributed by atoms with E-state index in [1.165, 1.54) is 18.5 Å². The predicted molar refractivity (Wildman–Crippen MR) is 39.9 cm³/mol. The van der Waals surface area contributed by atoms with Crippen LogP contribution in [0.5, 0.6) is 0 Å². The van der Waals surface area contributed by atoms with Crippen LogP contribution in [-0.4, -0.2) is 9.78 Å². The minimum absolute atomic E-state index is 0.719. The second-order valence-corrected chi connectivity index (χ2v) is 3.02. The van der Waals surface area contributed by atoms with Gasteiger partial charge in [0.2, 0.25) is 0 Å². The summed E-state index contributed by atoms with van der Waals surface area (Å²) in [6, 6.07) is 2.13. The van der Waals surface area contributed by atoms with Gasteiger partial charge in [0.1, 0.15) is 0 Å². The highest BCUT2D eigenvalue weighted by atomic mass is 15.3. The molecule has 1 atom stereocenters. The molecule has 2 heterocycles. The number of rotatable bonds is 0. The van der Waals surface area contributed by atoms with Crippen molar-refractivity contribution in [2.45, 2.75) is 32.2 Å². The zero-order valence-corrected chi connectivity index (χ0v) is 6.25. The van der Waals surface area contributed by atoms with Gasteiger partial charge in [0.05, 0.1) is 0 Å². The third-order valence-electron chi connectivity index (χ3n) is 2.26. The van der Waals surface area contributed by atoms with E-state index in [2.05, 4.69) is 22.8 Å². The fraction of sp³-hybridized carbons (Fsp3) is 0.625. The first-order valence-corrected chi connectivity index (χ1v) is 3.89. The first kappa shape index (κ1) is 5.96. The number of aromatic nitrogens is 2. The standard InChI is InChI=1S/C8H12N2/c1-7-3-2-6-10-8(7)4-5-9-10/h4-5,7H,2-3,6H2,1H3. The van der Waals surface area contributed by atoms with E-state index in [-0.39, 0.29) is 0 Å². The highest BCUT2D eigenvalue weighted by Crippen LogP contribution is 2.24. The van der Waals surface area contributed by atoms with Crippen LogP contribution >= 0.6 is 0 Å². The quantitative estimate of drug-likeness (QED) is 0.531. The van der Waals surface area contributed by atoms with E-state index in [1.807, 2.05) is 6.20 Å². The predicted octanol–water partition coefficient (Wildman–Crippen LogP) is 1.78. The average Bonchev–Trinajstić information content (AvgIpc) is 2.36. The normalized spacial score (nSPS) is 24.3. The summed E-state index contributed by atoms with van der Waals surface area (Å²) in [4.78, 5) is 0. The summed E-state index contributed by atoms with van der Waals surface area (Å²) < 4.78 is 2.12. The van der Waals surface area contributed by atoms with Gasteiger partial charge in [0.25, 0.3) is 0 Å². The summed E-state index contributed by atoms with van der Waals surface area (Å²) >= 11 is 0. The summed E-state index contributed by atoms with van der Waals surface area (Å²) in [6.45, 7) is 3.39. The molecule has 0 N–H and O–H groups in total. The molecule has 54 valence electrons. The van der Waals surface area contributed by atoms with Crippen LogP contribution < -0.4 is 0 Å². The molecule has 0 saturated heterocycles. The van der Waals surface area contributed by atoms with Crippen LogP contribution in [-0.2, 0) is 6.54 Å². The summed E-state index contributed by atoms with van der Waals surface area (Å²) in [7, 11) is 0. The monoisotopic (exact) mass is 136 g/mol. The molecule has 0 bridgehead atoms. The fourth-order valence-corrected chi connectivity index (χ4v) is 1.64. The van der Waals surface area contributed by atoms with Gasteiger partial charge in [-0.3, -0.25) is 4.68 Å². The molecule has 1 aliphatic heterocycles. The van der Waals surface area contributed by atoms with Gasteiger partial charge in [-0.15, -0.1) is 0 Å². The number of nitrogens with zero attached hydrogens (tertiary/aromatic N) is 2. The molecular formula is C8H12N2. The van der Waals surface area contributed by atoms with Crippen LogP contribution in [0, 0.1) is 0 Å². The maximum atomic E-state index is 4.22. The van der Waals surface area contributed by atoms with Crippen molar-refractivity contribution in [1.29, 1.82) is 0 Å². The van der Waals surface area contributed by atoms with Gasteiger partial charge in [0.15, 0.2) is 0 Å². The van der Waals surface area contributed by atoms with Crippen LogP contribution in [0.2, 0.25) is 0 Å². The molecule has 1 aromatic heterocycles. The smallest absolute Gasteiger partial charge is 0.0492 e. The third kappa shape index (κ3) is 0.753. The number of hydrogen-bond acceptors (Lipinski definition) is 1. The Bertz CT molecular complexity index is 227. The maximum Gasteiger partial charge on any atom is 0.0492 e. The lowest BCUT2D eigenvalue weighted by molar-refractivity contribution is 0.440. The second kappa shape index (κ2) is 2.11. The van der Waals surface area contributed by atoms with Crippen molar-refractivity contribution in [3.8, 4) is 0 Å². The minimum atomic E-state index is 0.719. The molecule has 0 radical (unpaired) electrons. The van der Waals surface area contributed by atoms with Crippen LogP contribution in [0.4, 0.5) is 0 Å². The van der Waals surface area contributed by atoms with Crippen molar-refractivity contribution in [3.05, 3.63) is 18.0 Å². The highest BCUT2D eigenvalue weighted by molar-refractivity contribution is 5.08. The van der Waals surface area contributed by atoms with E-state index in [4.69, 9.17) is 0 Å². The first-order chi connectivity index (χ1) is 4.88. The Morgan fingerprint density at radius 1 is 1.70 bits per heavy atom. The van der Waals surface area contributed by atoms with Gasteiger partial charge in [-0.05, 0) is 24.8 Å². The summed E-state index contributed by atoms with van der Waals surface area (Å²) in [5, 5.41) is 4.22. The Morgan fingerprint density at radius 3 is 3.40 bits per heavy atom. The maximum absolute atomic E-state index is 4.22. The van der Waals surface area contributed by atoms with Crippen LogP contribution in [0.25, 0.3) is 0 Å². The molecule has 0 spiro atoms. The van der Waals surface area contributed by atoms with Crippen molar-refractivity contribution in [1.82, 2.24) is 9.78 Å². The SMILES string of the molecule is CC1CCCn2nccc21. The van der Waals surface area contributed by atoms with Gasteiger partial charge in [-0.2, -0.15) is 5.10 Å². The minimum Gasteiger partial charge on any atom is -0.269 e. The molecular weight excluding hydrogens is 124 g/mol. The van der Waals surface area contributed by atoms with Crippen LogP contribution in [0.1, 0.15) is 31.4 Å². The van der Waals surface area contributed by atoms with Gasteiger partial charge in [-0.1, -0.05) is 6.92 Å². The molecule has 0 saturated carbocycles. The Kier molecular flexibility index (Phi) is 1.26. The van der Waals surface area contributed by atoms with Crippen molar-refractivity contribution in [2.24, 2.45) is 0 Å². The van der Waals surface area contributed by atoms with Gasteiger partial charge >= 0.3 is 0 Å². The largest absolute Gasteiger partial charge is 0.269 e. The lowest BCUT2D eigenvalue weighted by atomic mass is 9.99. The molecule has 1 aromatic rings. The first-order valence-electron chi connectivity index (χ1n) is 3.89. The zero-order valence-electron chi connectivity index (χ0n) is 6.25. The van der Waals surface area contributed by atoms with Crippen molar-refractivity contribution >= 4 is 0 Å². The van der Waals surface area contributed by atoms with Crippen molar-refractivity contribution in [2.75, 3.05) is 0 Å². The topological polar surface area (TPSA) is 17.8 Å². The van der Waals surface area contributed by atoms with Crippen LogP contribution in [0.15, 0.2) is 12.3 Å². The third-order valence-corrected chi connectivity index (χ3v) is 2.26. The fourth-order valence-electron chi connectivity index (χ4n) is 1.64. The molecule has 10 heavy (non-hydrogen) atoms. The average molecular weight is 136 g/mol. The highest BCUT2D eigenvalue weighted by Gasteiger charge is 2.15. The Hall–Kier alpha value is -0.790. The molecule has 1 aliphatic rings. The molecule has 0 aromatic carbocycles. The van der Waals surface area contributed by atoms with Crippen LogP contribution in [0.3, 0.4) is 0 Å². The van der Waals surface area contributed by atoms with Gasteiger partial charge in [0, 0.05) is 18.4 Å². The second-order valence-electron chi connectivity index (χ2n) is 3.02. The van der Waals surface area contributed by atoms with Crippen molar-refractivity contribution < 1.29 is 0 Å². The number of hydrogen-bond donors (Lipinski definition) is 0. The molecule has 0 aliphatic carbocycles. The van der Waals surface area contributed by atoms with E-state index < -0.39 is 0 Å². The van der Waals surface area contributed by atoms with Crippen molar-refractivity contribution in [3.63, 3.8) is 0 Å². The molecule has 1 unspecified atom stereocenters. The Morgan fingerprint density at radius 2 is 2.60 bits per heavy atom.